The van der Waals surface area contributed by atoms with Crippen LogP contribution >= 0.6 is 0 Å². The topological polar surface area (TPSA) is 46.5 Å². The third-order valence-electron chi connectivity index (χ3n) is 2.11. The van der Waals surface area contributed by atoms with Crippen molar-refractivity contribution in [2.45, 2.75) is 20.0 Å². The quantitative estimate of drug-likeness (QED) is 0.745. The molecular formula is C11H14O3. The average Bonchev–Trinajstić information content (AvgIpc) is 2.17. The van der Waals surface area contributed by atoms with E-state index >= 15 is 0 Å². The lowest BCUT2D eigenvalue weighted by atomic mass is 10.0. The van der Waals surface area contributed by atoms with Gasteiger partial charge in [0.1, 0.15) is 5.75 Å². The molecule has 1 aromatic carbocycles. The van der Waals surface area contributed by atoms with Gasteiger partial charge in [-0.25, -0.2) is 0 Å². The molecule has 0 aliphatic carbocycles. The lowest BCUT2D eigenvalue weighted by molar-refractivity contribution is 0.112. The predicted molar refractivity (Wildman–Crippen MR) is 53.6 cm³/mol. The maximum atomic E-state index is 10.7. The van der Waals surface area contributed by atoms with Crippen LogP contribution in [0.5, 0.6) is 5.75 Å². The molecule has 0 spiro atoms. The first-order valence-corrected chi connectivity index (χ1v) is 4.51. The number of aldehydes is 1. The van der Waals surface area contributed by atoms with E-state index in [0.717, 1.165) is 17.5 Å². The number of phenolic OH excluding ortho intramolecular Hbond substituents is 1. The van der Waals surface area contributed by atoms with E-state index in [1.807, 2.05) is 13.0 Å². The van der Waals surface area contributed by atoms with E-state index in [1.165, 1.54) is 0 Å². The van der Waals surface area contributed by atoms with Crippen LogP contribution in [0.4, 0.5) is 0 Å². The molecule has 0 heterocycles. The van der Waals surface area contributed by atoms with Crippen LogP contribution in [-0.4, -0.2) is 18.5 Å². The van der Waals surface area contributed by atoms with Crippen molar-refractivity contribution in [2.24, 2.45) is 0 Å². The number of hydrogen-bond acceptors (Lipinski definition) is 3. The zero-order valence-corrected chi connectivity index (χ0v) is 8.41. The van der Waals surface area contributed by atoms with Gasteiger partial charge in [0.25, 0.3) is 0 Å². The van der Waals surface area contributed by atoms with Crippen LogP contribution in [0.2, 0.25) is 0 Å². The van der Waals surface area contributed by atoms with Gasteiger partial charge in [-0.1, -0.05) is 13.0 Å². The maximum Gasteiger partial charge on any atom is 0.154 e. The fourth-order valence-corrected chi connectivity index (χ4v) is 1.44. The van der Waals surface area contributed by atoms with Crippen LogP contribution in [0.1, 0.15) is 28.4 Å². The Morgan fingerprint density at radius 2 is 2.21 bits per heavy atom. The highest BCUT2D eigenvalue weighted by atomic mass is 16.5. The summed E-state index contributed by atoms with van der Waals surface area (Å²) in [7, 11) is 1.59. The third kappa shape index (κ3) is 2.12. The highest BCUT2D eigenvalue weighted by Crippen LogP contribution is 2.22. The molecule has 0 unspecified atom stereocenters. The minimum Gasteiger partial charge on any atom is -0.507 e. The number of aromatic hydroxyl groups is 1. The molecule has 3 nitrogen and oxygen atoms in total. The molecule has 1 N–H and O–H groups in total. The normalized spacial score (nSPS) is 10.1. The first kappa shape index (κ1) is 10.7. The predicted octanol–water partition coefficient (Wildman–Crippen LogP) is 1.91. The number of carbonyl (C=O) groups is 1. The van der Waals surface area contributed by atoms with E-state index in [1.54, 1.807) is 13.2 Å². The maximum absolute atomic E-state index is 10.7. The van der Waals surface area contributed by atoms with Gasteiger partial charge in [-0.05, 0) is 23.6 Å². The Bertz CT molecular complexity index is 332. The monoisotopic (exact) mass is 194 g/mol. The summed E-state index contributed by atoms with van der Waals surface area (Å²) < 4.78 is 4.96. The Morgan fingerprint density at radius 3 is 2.71 bits per heavy atom. The van der Waals surface area contributed by atoms with Gasteiger partial charge < -0.3 is 9.84 Å². The molecule has 76 valence electrons. The average molecular weight is 194 g/mol. The van der Waals surface area contributed by atoms with Crippen LogP contribution in [-0.2, 0) is 17.8 Å². The van der Waals surface area contributed by atoms with Gasteiger partial charge in [0.15, 0.2) is 6.29 Å². The molecule has 0 aromatic heterocycles. The summed E-state index contributed by atoms with van der Waals surface area (Å²) in [5.74, 6) is 0.0337. The second-order valence-electron chi connectivity index (χ2n) is 3.09. The van der Waals surface area contributed by atoms with Gasteiger partial charge in [0.2, 0.25) is 0 Å². The van der Waals surface area contributed by atoms with Gasteiger partial charge in [-0.3, -0.25) is 4.79 Å². The summed E-state index contributed by atoms with van der Waals surface area (Å²) in [5.41, 5.74) is 2.12. The highest BCUT2D eigenvalue weighted by Gasteiger charge is 2.07. The number of aryl methyl sites for hydroxylation is 1. The van der Waals surface area contributed by atoms with Gasteiger partial charge in [-0.15, -0.1) is 0 Å². The molecule has 14 heavy (non-hydrogen) atoms. The number of hydrogen-bond donors (Lipinski definition) is 1. The van der Waals surface area contributed by atoms with Crippen molar-refractivity contribution in [2.75, 3.05) is 7.11 Å². The summed E-state index contributed by atoms with van der Waals surface area (Å²) in [6.45, 7) is 2.39. The lowest BCUT2D eigenvalue weighted by Crippen LogP contribution is -1.96. The molecule has 3 heteroatoms. The van der Waals surface area contributed by atoms with Crippen molar-refractivity contribution in [3.63, 3.8) is 0 Å². The standard InChI is InChI=1S/C11H14O3/c1-3-9-4-8(7-14-2)5-11(13)10(9)6-12/h4-6,13H,3,7H2,1-2H3. The molecule has 0 saturated heterocycles. The van der Waals surface area contributed by atoms with Crippen LogP contribution < -0.4 is 0 Å². The Balaban J connectivity index is 3.16. The number of methoxy groups -OCH3 is 1. The fraction of sp³-hybridized carbons (Fsp3) is 0.364. The molecule has 0 bridgehead atoms. The Morgan fingerprint density at radius 1 is 1.50 bits per heavy atom. The molecule has 0 atom stereocenters. The molecule has 0 amide bonds. The summed E-state index contributed by atoms with van der Waals surface area (Å²) in [6.07, 6.45) is 1.41. The van der Waals surface area contributed by atoms with Crippen molar-refractivity contribution in [1.82, 2.24) is 0 Å². The molecule has 0 fully saturated rings. The Hall–Kier alpha value is -1.35. The molecule has 1 aromatic rings. The van der Waals surface area contributed by atoms with Crippen LogP contribution in [0, 0.1) is 0 Å². The zero-order chi connectivity index (χ0) is 10.6. The first-order chi connectivity index (χ1) is 6.72. The van der Waals surface area contributed by atoms with Crippen molar-refractivity contribution >= 4 is 6.29 Å². The third-order valence-corrected chi connectivity index (χ3v) is 2.11. The van der Waals surface area contributed by atoms with Gasteiger partial charge >= 0.3 is 0 Å². The Kier molecular flexibility index (Phi) is 3.65. The first-order valence-electron chi connectivity index (χ1n) is 4.51. The van der Waals surface area contributed by atoms with Crippen LogP contribution in [0.3, 0.4) is 0 Å². The van der Waals surface area contributed by atoms with Crippen molar-refractivity contribution in [1.29, 1.82) is 0 Å². The minimum absolute atomic E-state index is 0.0337. The van der Waals surface area contributed by atoms with E-state index in [4.69, 9.17) is 4.74 Å². The molecule has 1 rings (SSSR count). The van der Waals surface area contributed by atoms with Crippen LogP contribution in [0.15, 0.2) is 12.1 Å². The minimum atomic E-state index is 0.0337. The summed E-state index contributed by atoms with van der Waals surface area (Å²) >= 11 is 0. The van der Waals surface area contributed by atoms with Gasteiger partial charge in [-0.2, -0.15) is 0 Å². The second-order valence-corrected chi connectivity index (χ2v) is 3.09. The summed E-state index contributed by atoms with van der Waals surface area (Å²) in [6, 6.07) is 3.44. The molecule has 0 aliphatic rings. The van der Waals surface area contributed by atoms with Gasteiger partial charge in [0.05, 0.1) is 12.2 Å². The highest BCUT2D eigenvalue weighted by molar-refractivity contribution is 5.81. The SMILES string of the molecule is CCc1cc(COC)cc(O)c1C=O. The van der Waals surface area contributed by atoms with E-state index < -0.39 is 0 Å². The lowest BCUT2D eigenvalue weighted by Gasteiger charge is -2.07. The van der Waals surface area contributed by atoms with E-state index in [2.05, 4.69) is 0 Å². The second kappa shape index (κ2) is 4.77. The largest absolute Gasteiger partial charge is 0.507 e. The van der Waals surface area contributed by atoms with Crippen molar-refractivity contribution in [3.8, 4) is 5.75 Å². The van der Waals surface area contributed by atoms with E-state index in [-0.39, 0.29) is 5.75 Å². The number of phenols is 1. The fourth-order valence-electron chi connectivity index (χ4n) is 1.44. The zero-order valence-electron chi connectivity index (χ0n) is 8.41. The smallest absolute Gasteiger partial charge is 0.154 e. The molecular weight excluding hydrogens is 180 g/mol. The number of benzene rings is 1. The van der Waals surface area contributed by atoms with Crippen LogP contribution in [0.25, 0.3) is 0 Å². The molecule has 0 aliphatic heterocycles. The molecule has 0 radical (unpaired) electrons. The molecule has 0 saturated carbocycles. The summed E-state index contributed by atoms with van der Waals surface area (Å²) in [5, 5.41) is 9.54. The van der Waals surface area contributed by atoms with Crippen molar-refractivity contribution < 1.29 is 14.6 Å². The number of rotatable bonds is 4. The van der Waals surface area contributed by atoms with E-state index in [9.17, 15) is 9.90 Å². The number of ether oxygens (including phenoxy) is 1. The Labute approximate surface area is 83.3 Å². The van der Waals surface area contributed by atoms with Crippen molar-refractivity contribution in [3.05, 3.63) is 28.8 Å². The number of carbonyl (C=O) groups excluding carboxylic acids is 1. The summed E-state index contributed by atoms with van der Waals surface area (Å²) in [4.78, 5) is 10.7. The van der Waals surface area contributed by atoms with Gasteiger partial charge in [0, 0.05) is 7.11 Å². The van der Waals surface area contributed by atoms with E-state index in [0.29, 0.717) is 18.5 Å².